The molecule has 0 spiro atoms. The van der Waals surface area contributed by atoms with Crippen LogP contribution in [0.1, 0.15) is 38.5 Å². The van der Waals surface area contributed by atoms with Gasteiger partial charge in [0.05, 0.1) is 5.84 Å². The van der Waals surface area contributed by atoms with Gasteiger partial charge in [-0.15, -0.1) is 0 Å². The predicted octanol–water partition coefficient (Wildman–Crippen LogP) is 1.38. The zero-order valence-electron chi connectivity index (χ0n) is 10.3. The van der Waals surface area contributed by atoms with Crippen LogP contribution in [-0.4, -0.2) is 47.3 Å². The van der Waals surface area contributed by atoms with Gasteiger partial charge in [0.1, 0.15) is 0 Å². The summed E-state index contributed by atoms with van der Waals surface area (Å²) in [5.41, 5.74) is 5.37. The fraction of sp³-hybridized carbons (Fsp3) is 0.833. The molecule has 2 rings (SSSR count). The molecular weight excluding hydrogens is 216 g/mol. The van der Waals surface area contributed by atoms with E-state index in [0.717, 1.165) is 38.8 Å². The predicted molar refractivity (Wildman–Crippen MR) is 67.1 cm³/mol. The maximum absolute atomic E-state index is 12.3. The molecule has 0 aromatic carbocycles. The van der Waals surface area contributed by atoms with Gasteiger partial charge in [-0.3, -0.25) is 5.41 Å². The molecule has 0 unspecified atom stereocenters. The van der Waals surface area contributed by atoms with Crippen molar-refractivity contribution >= 4 is 11.9 Å². The van der Waals surface area contributed by atoms with Crippen LogP contribution in [0.15, 0.2) is 0 Å². The summed E-state index contributed by atoms with van der Waals surface area (Å²) in [6, 6.07) is 0.567. The lowest BCUT2D eigenvalue weighted by Crippen LogP contribution is -2.47. The van der Waals surface area contributed by atoms with Gasteiger partial charge in [-0.25, -0.2) is 4.79 Å². The molecule has 0 aromatic rings. The molecule has 96 valence electrons. The Labute approximate surface area is 102 Å². The first kappa shape index (κ1) is 12.2. The molecular formula is C12H22N4O. The van der Waals surface area contributed by atoms with Crippen molar-refractivity contribution in [2.24, 2.45) is 5.73 Å². The number of nitrogens with two attached hydrogens (primary N) is 1. The fourth-order valence-electron chi connectivity index (χ4n) is 2.33. The highest BCUT2D eigenvalue weighted by Crippen LogP contribution is 2.28. The van der Waals surface area contributed by atoms with Crippen molar-refractivity contribution in [3.8, 4) is 0 Å². The number of likely N-dealkylation sites (tertiary alicyclic amines) is 1. The summed E-state index contributed by atoms with van der Waals surface area (Å²) in [4.78, 5) is 16.2. The van der Waals surface area contributed by atoms with E-state index in [2.05, 4.69) is 0 Å². The fourth-order valence-corrected chi connectivity index (χ4v) is 2.33. The highest BCUT2D eigenvalue weighted by atomic mass is 16.2. The quantitative estimate of drug-likeness (QED) is 0.573. The topological polar surface area (TPSA) is 73.4 Å². The molecule has 2 fully saturated rings. The molecule has 0 atom stereocenters. The van der Waals surface area contributed by atoms with Crippen LogP contribution in [0, 0.1) is 5.41 Å². The van der Waals surface area contributed by atoms with Gasteiger partial charge >= 0.3 is 6.03 Å². The van der Waals surface area contributed by atoms with Crippen LogP contribution in [0.5, 0.6) is 0 Å². The van der Waals surface area contributed by atoms with Crippen molar-refractivity contribution in [2.45, 2.75) is 44.6 Å². The van der Waals surface area contributed by atoms with E-state index >= 15 is 0 Å². The van der Waals surface area contributed by atoms with E-state index < -0.39 is 0 Å². The van der Waals surface area contributed by atoms with Gasteiger partial charge in [-0.2, -0.15) is 0 Å². The molecule has 0 bridgehead atoms. The van der Waals surface area contributed by atoms with Crippen molar-refractivity contribution in [3.63, 3.8) is 0 Å². The first-order valence-electron chi connectivity index (χ1n) is 6.57. The minimum Gasteiger partial charge on any atom is -0.388 e. The highest BCUT2D eigenvalue weighted by Gasteiger charge is 2.34. The van der Waals surface area contributed by atoms with Gasteiger partial charge in [0.25, 0.3) is 0 Å². The molecule has 5 heteroatoms. The molecule has 1 saturated carbocycles. The lowest BCUT2D eigenvalue weighted by Gasteiger charge is -2.33. The van der Waals surface area contributed by atoms with Crippen molar-refractivity contribution in [1.82, 2.24) is 9.80 Å². The van der Waals surface area contributed by atoms with Gasteiger partial charge in [-0.1, -0.05) is 0 Å². The molecule has 1 saturated heterocycles. The molecule has 5 nitrogen and oxygen atoms in total. The molecule has 17 heavy (non-hydrogen) atoms. The number of amides is 2. The molecule has 3 N–H and O–H groups in total. The monoisotopic (exact) mass is 238 g/mol. The summed E-state index contributed by atoms with van der Waals surface area (Å²) in [6.07, 6.45) is 6.19. The zero-order valence-corrected chi connectivity index (χ0v) is 10.3. The number of hydrogen-bond donors (Lipinski definition) is 2. The maximum atomic E-state index is 12.3. The van der Waals surface area contributed by atoms with E-state index in [-0.39, 0.29) is 11.9 Å². The van der Waals surface area contributed by atoms with Crippen LogP contribution < -0.4 is 5.73 Å². The minimum atomic E-state index is 0.161. The van der Waals surface area contributed by atoms with Crippen molar-refractivity contribution in [1.29, 1.82) is 5.41 Å². The summed E-state index contributed by atoms with van der Waals surface area (Å²) in [7, 11) is 0. The average molecular weight is 238 g/mol. The number of carbonyl (C=O) groups excluding carboxylic acids is 1. The number of hydrogen-bond acceptors (Lipinski definition) is 2. The summed E-state index contributed by atoms with van der Waals surface area (Å²) < 4.78 is 0. The third-order valence-corrected chi connectivity index (χ3v) is 3.48. The number of rotatable bonds is 4. The molecule has 1 aliphatic heterocycles. The molecule has 2 aliphatic rings. The smallest absolute Gasteiger partial charge is 0.320 e. The Morgan fingerprint density at radius 2 is 1.94 bits per heavy atom. The summed E-state index contributed by atoms with van der Waals surface area (Å²) >= 11 is 0. The number of piperidine rings is 1. The molecule has 1 heterocycles. The van der Waals surface area contributed by atoms with Gasteiger partial charge in [0, 0.05) is 32.1 Å². The minimum absolute atomic E-state index is 0.161. The van der Waals surface area contributed by atoms with E-state index in [1.807, 2.05) is 9.80 Å². The van der Waals surface area contributed by atoms with E-state index in [9.17, 15) is 4.79 Å². The second kappa shape index (κ2) is 5.38. The zero-order chi connectivity index (χ0) is 12.3. The van der Waals surface area contributed by atoms with Crippen molar-refractivity contribution < 1.29 is 4.79 Å². The Balaban J connectivity index is 1.89. The van der Waals surface area contributed by atoms with Crippen LogP contribution in [0.4, 0.5) is 4.79 Å². The van der Waals surface area contributed by atoms with Crippen molar-refractivity contribution in [2.75, 3.05) is 19.6 Å². The lowest BCUT2D eigenvalue weighted by atomic mass is 10.1. The Kier molecular flexibility index (Phi) is 3.86. The van der Waals surface area contributed by atoms with Crippen molar-refractivity contribution in [3.05, 3.63) is 0 Å². The number of carbonyl (C=O) groups is 1. The number of amidine groups is 1. The lowest BCUT2D eigenvalue weighted by molar-refractivity contribution is 0.142. The Morgan fingerprint density at radius 1 is 1.29 bits per heavy atom. The largest absolute Gasteiger partial charge is 0.388 e. The van der Waals surface area contributed by atoms with Gasteiger partial charge in [-0.05, 0) is 32.1 Å². The summed E-state index contributed by atoms with van der Waals surface area (Å²) in [6.45, 7) is 2.39. The Bertz CT molecular complexity index is 295. The third-order valence-electron chi connectivity index (χ3n) is 3.48. The molecule has 0 radical (unpaired) electrons. The van der Waals surface area contributed by atoms with E-state index in [1.165, 1.54) is 6.42 Å². The van der Waals surface area contributed by atoms with Crippen LogP contribution in [0.2, 0.25) is 0 Å². The van der Waals surface area contributed by atoms with Gasteiger partial charge < -0.3 is 15.5 Å². The summed E-state index contributed by atoms with van der Waals surface area (Å²) in [5, 5.41) is 7.26. The van der Waals surface area contributed by atoms with Crippen LogP contribution in [0.25, 0.3) is 0 Å². The normalized spacial score (nSPS) is 20.1. The number of nitrogens with one attached hydrogen (secondary N) is 1. The number of urea groups is 1. The second-order valence-corrected chi connectivity index (χ2v) is 5.03. The van der Waals surface area contributed by atoms with E-state index in [1.54, 1.807) is 0 Å². The molecule has 2 amide bonds. The second-order valence-electron chi connectivity index (χ2n) is 5.03. The Hall–Kier alpha value is -1.26. The third kappa shape index (κ3) is 3.35. The van der Waals surface area contributed by atoms with Gasteiger partial charge in [0.2, 0.25) is 0 Å². The standard InChI is InChI=1S/C12H22N4O/c13-11(14)6-9-16(10-4-5-10)12(17)15-7-2-1-3-8-15/h10H,1-9H2,(H3,13,14). The highest BCUT2D eigenvalue weighted by molar-refractivity contribution is 5.79. The molecule has 0 aromatic heterocycles. The maximum Gasteiger partial charge on any atom is 0.320 e. The first-order valence-corrected chi connectivity index (χ1v) is 6.57. The van der Waals surface area contributed by atoms with E-state index in [0.29, 0.717) is 19.0 Å². The SMILES string of the molecule is N=C(N)CCN(C(=O)N1CCCCC1)C1CC1. The van der Waals surface area contributed by atoms with Gasteiger partial charge in [0.15, 0.2) is 0 Å². The van der Waals surface area contributed by atoms with Crippen LogP contribution in [-0.2, 0) is 0 Å². The van der Waals surface area contributed by atoms with Crippen LogP contribution in [0.3, 0.4) is 0 Å². The first-order chi connectivity index (χ1) is 8.18. The van der Waals surface area contributed by atoms with Crippen LogP contribution >= 0.6 is 0 Å². The number of nitrogens with zero attached hydrogens (tertiary/aromatic N) is 2. The summed E-state index contributed by atoms with van der Waals surface area (Å²) in [5.74, 6) is 0.169. The average Bonchev–Trinajstić information content (AvgIpc) is 3.14. The molecule has 1 aliphatic carbocycles. The van der Waals surface area contributed by atoms with E-state index in [4.69, 9.17) is 11.1 Å². The Morgan fingerprint density at radius 3 is 2.47 bits per heavy atom.